The molecule has 0 fully saturated rings. The Morgan fingerprint density at radius 3 is 2.20 bits per heavy atom. The van der Waals surface area contributed by atoms with Crippen LogP contribution in [0.3, 0.4) is 0 Å². The van der Waals surface area contributed by atoms with Crippen LogP contribution in [0.1, 0.15) is 11.1 Å². The maximum absolute atomic E-state index is 11.2. The van der Waals surface area contributed by atoms with Crippen molar-refractivity contribution in [3.8, 4) is 0 Å². The van der Waals surface area contributed by atoms with Crippen LogP contribution in [0.15, 0.2) is 64.5 Å². The van der Waals surface area contributed by atoms with Gasteiger partial charge in [-0.3, -0.25) is 4.99 Å². The quantitative estimate of drug-likeness (QED) is 0.338. The Balaban J connectivity index is 0.00000312. The molecular formula is C17H23IN4O2S. The van der Waals surface area contributed by atoms with Gasteiger partial charge in [-0.15, -0.1) is 24.0 Å². The predicted octanol–water partition coefficient (Wildman–Crippen LogP) is 1.86. The Morgan fingerprint density at radius 2 is 1.64 bits per heavy atom. The first-order valence-corrected chi connectivity index (χ1v) is 9.14. The van der Waals surface area contributed by atoms with Crippen LogP contribution in [0.25, 0.3) is 0 Å². The van der Waals surface area contributed by atoms with Gasteiger partial charge in [0.2, 0.25) is 10.0 Å². The minimum absolute atomic E-state index is 0. The summed E-state index contributed by atoms with van der Waals surface area (Å²) in [4.78, 5) is 4.28. The third-order valence-electron chi connectivity index (χ3n) is 3.48. The first kappa shape index (κ1) is 21.4. The molecule has 0 heterocycles. The summed E-state index contributed by atoms with van der Waals surface area (Å²) in [6.45, 7) is 1.31. The summed E-state index contributed by atoms with van der Waals surface area (Å²) in [7, 11) is -1.94. The van der Waals surface area contributed by atoms with Gasteiger partial charge in [0.05, 0.1) is 4.90 Å². The van der Waals surface area contributed by atoms with Crippen molar-refractivity contribution in [2.45, 2.75) is 17.9 Å². The summed E-state index contributed by atoms with van der Waals surface area (Å²) in [5.41, 5.74) is 2.20. The minimum Gasteiger partial charge on any atom is -0.356 e. The lowest BCUT2D eigenvalue weighted by Crippen LogP contribution is -2.37. The van der Waals surface area contributed by atoms with Crippen LogP contribution in [-0.2, 0) is 23.0 Å². The lowest BCUT2D eigenvalue weighted by molar-refractivity contribution is 0.597. The summed E-state index contributed by atoms with van der Waals surface area (Å²) in [5, 5.41) is 11.5. The topological polar surface area (TPSA) is 96.6 Å². The standard InChI is InChI=1S/C17H22N4O2S.HI/c1-19-17(20-12-11-14-5-3-2-4-6-14)21-13-15-7-9-16(10-8-15)24(18,22)23;/h2-10H,11-13H2,1H3,(H2,18,22,23)(H2,19,20,21);1H. The van der Waals surface area contributed by atoms with Crippen molar-refractivity contribution in [3.63, 3.8) is 0 Å². The average Bonchev–Trinajstić information content (AvgIpc) is 2.58. The molecule has 0 atom stereocenters. The van der Waals surface area contributed by atoms with Gasteiger partial charge in [-0.25, -0.2) is 13.6 Å². The molecule has 0 saturated heterocycles. The average molecular weight is 474 g/mol. The number of guanidine groups is 1. The Hall–Kier alpha value is -1.65. The summed E-state index contributed by atoms with van der Waals surface area (Å²) in [6, 6.07) is 16.7. The Bertz CT molecular complexity index is 778. The van der Waals surface area contributed by atoms with E-state index >= 15 is 0 Å². The maximum atomic E-state index is 11.2. The zero-order chi connectivity index (χ0) is 17.4. The van der Waals surface area contributed by atoms with Gasteiger partial charge in [0.1, 0.15) is 0 Å². The van der Waals surface area contributed by atoms with Crippen molar-refractivity contribution >= 4 is 40.0 Å². The lowest BCUT2D eigenvalue weighted by atomic mass is 10.1. The first-order valence-electron chi connectivity index (χ1n) is 7.59. The van der Waals surface area contributed by atoms with E-state index in [-0.39, 0.29) is 28.9 Å². The number of aliphatic imine (C=N–C) groups is 1. The molecule has 2 rings (SSSR count). The molecule has 8 heteroatoms. The molecule has 0 spiro atoms. The smallest absolute Gasteiger partial charge is 0.238 e. The fourth-order valence-electron chi connectivity index (χ4n) is 2.17. The van der Waals surface area contributed by atoms with Crippen LogP contribution < -0.4 is 15.8 Å². The highest BCUT2D eigenvalue weighted by Gasteiger charge is 2.06. The van der Waals surface area contributed by atoms with E-state index < -0.39 is 10.0 Å². The Kier molecular flexibility index (Phi) is 8.87. The number of rotatable bonds is 6. The largest absolute Gasteiger partial charge is 0.356 e. The van der Waals surface area contributed by atoms with E-state index in [4.69, 9.17) is 5.14 Å². The molecule has 2 aromatic carbocycles. The van der Waals surface area contributed by atoms with E-state index in [2.05, 4.69) is 27.8 Å². The van der Waals surface area contributed by atoms with Crippen LogP contribution in [-0.4, -0.2) is 28.0 Å². The summed E-state index contributed by atoms with van der Waals surface area (Å²) in [5.74, 6) is 0.696. The summed E-state index contributed by atoms with van der Waals surface area (Å²) < 4.78 is 22.4. The number of hydrogen-bond donors (Lipinski definition) is 3. The second-order valence-corrected chi connectivity index (χ2v) is 6.84. The van der Waals surface area contributed by atoms with Crippen LogP contribution in [0.4, 0.5) is 0 Å². The van der Waals surface area contributed by atoms with Gasteiger partial charge in [-0.2, -0.15) is 0 Å². The van der Waals surface area contributed by atoms with Crippen molar-refractivity contribution in [1.82, 2.24) is 10.6 Å². The van der Waals surface area contributed by atoms with E-state index in [0.717, 1.165) is 18.5 Å². The zero-order valence-corrected chi connectivity index (χ0v) is 17.1. The van der Waals surface area contributed by atoms with Crippen molar-refractivity contribution in [2.24, 2.45) is 10.1 Å². The number of primary sulfonamides is 1. The SMILES string of the molecule is CN=C(NCCc1ccccc1)NCc1ccc(S(N)(=O)=O)cc1.I. The monoisotopic (exact) mass is 474 g/mol. The second kappa shape index (κ2) is 10.4. The number of nitrogens with one attached hydrogen (secondary N) is 2. The van der Waals surface area contributed by atoms with Crippen LogP contribution >= 0.6 is 24.0 Å². The molecule has 0 amide bonds. The molecule has 6 nitrogen and oxygen atoms in total. The molecule has 0 bridgehead atoms. The molecule has 0 saturated carbocycles. The van der Waals surface area contributed by atoms with Gasteiger partial charge in [-0.05, 0) is 29.7 Å². The van der Waals surface area contributed by atoms with Crippen LogP contribution in [0, 0.1) is 0 Å². The molecule has 0 radical (unpaired) electrons. The fourth-order valence-corrected chi connectivity index (χ4v) is 2.69. The highest BCUT2D eigenvalue weighted by molar-refractivity contribution is 14.0. The minimum atomic E-state index is -3.65. The normalized spacial score (nSPS) is 11.5. The lowest BCUT2D eigenvalue weighted by Gasteiger charge is -2.12. The van der Waals surface area contributed by atoms with Crippen LogP contribution in [0.5, 0.6) is 0 Å². The second-order valence-electron chi connectivity index (χ2n) is 5.28. The molecule has 2 aromatic rings. The van der Waals surface area contributed by atoms with E-state index in [0.29, 0.717) is 12.5 Å². The van der Waals surface area contributed by atoms with Crippen molar-refractivity contribution in [2.75, 3.05) is 13.6 Å². The third kappa shape index (κ3) is 7.41. The highest BCUT2D eigenvalue weighted by Crippen LogP contribution is 2.08. The Labute approximate surface area is 166 Å². The summed E-state index contributed by atoms with van der Waals surface area (Å²) >= 11 is 0. The number of sulfonamides is 1. The van der Waals surface area contributed by atoms with Gasteiger partial charge in [0.15, 0.2) is 5.96 Å². The van der Waals surface area contributed by atoms with Crippen LogP contribution in [0.2, 0.25) is 0 Å². The molecule has 0 aliphatic carbocycles. The number of benzene rings is 2. The maximum Gasteiger partial charge on any atom is 0.238 e. The molecule has 0 unspecified atom stereocenters. The first-order chi connectivity index (χ1) is 11.5. The number of nitrogens with zero attached hydrogens (tertiary/aromatic N) is 1. The molecule has 0 aliphatic rings. The zero-order valence-electron chi connectivity index (χ0n) is 14.0. The Morgan fingerprint density at radius 1 is 1.00 bits per heavy atom. The van der Waals surface area contributed by atoms with Crippen molar-refractivity contribution in [1.29, 1.82) is 0 Å². The molecular weight excluding hydrogens is 451 g/mol. The molecule has 136 valence electrons. The van der Waals surface area contributed by atoms with Crippen molar-refractivity contribution in [3.05, 3.63) is 65.7 Å². The molecule has 0 aromatic heterocycles. The fraction of sp³-hybridized carbons (Fsp3) is 0.235. The summed E-state index contributed by atoms with van der Waals surface area (Å²) in [6.07, 6.45) is 0.907. The highest BCUT2D eigenvalue weighted by atomic mass is 127. The van der Waals surface area contributed by atoms with Gasteiger partial charge in [-0.1, -0.05) is 42.5 Å². The van der Waals surface area contributed by atoms with E-state index in [1.54, 1.807) is 19.2 Å². The number of hydrogen-bond acceptors (Lipinski definition) is 3. The van der Waals surface area contributed by atoms with Gasteiger partial charge in [0.25, 0.3) is 0 Å². The van der Waals surface area contributed by atoms with Gasteiger partial charge < -0.3 is 10.6 Å². The third-order valence-corrected chi connectivity index (χ3v) is 4.41. The molecule has 0 aliphatic heterocycles. The molecule has 4 N–H and O–H groups in total. The van der Waals surface area contributed by atoms with Gasteiger partial charge >= 0.3 is 0 Å². The van der Waals surface area contributed by atoms with E-state index in [9.17, 15) is 8.42 Å². The van der Waals surface area contributed by atoms with Crippen molar-refractivity contribution < 1.29 is 8.42 Å². The number of halogens is 1. The molecule has 25 heavy (non-hydrogen) atoms. The van der Waals surface area contributed by atoms with E-state index in [1.165, 1.54) is 17.7 Å². The predicted molar refractivity (Wildman–Crippen MR) is 112 cm³/mol. The number of nitrogens with two attached hydrogens (primary N) is 1. The van der Waals surface area contributed by atoms with Gasteiger partial charge in [0, 0.05) is 20.1 Å². The van der Waals surface area contributed by atoms with E-state index in [1.807, 2.05) is 18.2 Å².